The van der Waals surface area contributed by atoms with Crippen molar-refractivity contribution in [1.29, 1.82) is 0 Å². The van der Waals surface area contributed by atoms with Crippen LogP contribution in [0.1, 0.15) is 11.4 Å². The molecule has 0 bridgehead atoms. The molecular formula is C14H14N4. The van der Waals surface area contributed by atoms with Crippen molar-refractivity contribution in [2.24, 2.45) is 5.73 Å². The molecule has 0 atom stereocenters. The third-order valence-corrected chi connectivity index (χ3v) is 3.06. The van der Waals surface area contributed by atoms with Crippen molar-refractivity contribution in [3.63, 3.8) is 0 Å². The molecule has 3 rings (SSSR count). The van der Waals surface area contributed by atoms with E-state index in [0.29, 0.717) is 6.54 Å². The lowest BCUT2D eigenvalue weighted by atomic mass is 10.1. The van der Waals surface area contributed by atoms with E-state index in [-0.39, 0.29) is 0 Å². The smallest absolute Gasteiger partial charge is 0.164 e. The number of aryl methyl sites for hydroxylation is 1. The molecule has 1 aromatic carbocycles. The number of nitrogens with zero attached hydrogens (tertiary/aromatic N) is 3. The fourth-order valence-corrected chi connectivity index (χ4v) is 2.15. The second-order valence-corrected chi connectivity index (χ2v) is 4.21. The van der Waals surface area contributed by atoms with Crippen LogP contribution in [0.4, 0.5) is 0 Å². The Bertz CT molecular complexity index is 700. The molecule has 18 heavy (non-hydrogen) atoms. The van der Waals surface area contributed by atoms with Crippen LogP contribution in [0.15, 0.2) is 42.7 Å². The lowest BCUT2D eigenvalue weighted by Crippen LogP contribution is -2.02. The van der Waals surface area contributed by atoms with Crippen LogP contribution in [0.5, 0.6) is 0 Å². The molecule has 2 aromatic heterocycles. The Morgan fingerprint density at radius 1 is 1.22 bits per heavy atom. The number of nitrogens with two attached hydrogens (primary N) is 1. The van der Waals surface area contributed by atoms with Crippen LogP contribution in [0, 0.1) is 6.92 Å². The molecule has 0 radical (unpaired) electrons. The van der Waals surface area contributed by atoms with Crippen LogP contribution in [0.3, 0.4) is 0 Å². The summed E-state index contributed by atoms with van der Waals surface area (Å²) in [5.74, 6) is 0.830. The minimum atomic E-state index is 0.402. The fourth-order valence-electron chi connectivity index (χ4n) is 2.15. The number of hydrogen-bond acceptors (Lipinski definition) is 3. The molecule has 0 amide bonds. The standard InChI is InChI=1S/C14H14N4/c1-10-5-2-3-6-11(10)13-14-16-7-4-8-18(14)12(9-15)17-13/h2-8H,9,15H2,1H3. The zero-order chi connectivity index (χ0) is 12.5. The van der Waals surface area contributed by atoms with E-state index in [4.69, 9.17) is 5.73 Å². The van der Waals surface area contributed by atoms with Gasteiger partial charge in [-0.1, -0.05) is 24.3 Å². The molecule has 3 aromatic rings. The van der Waals surface area contributed by atoms with Crippen molar-refractivity contribution in [2.75, 3.05) is 0 Å². The Kier molecular flexibility index (Phi) is 2.57. The zero-order valence-electron chi connectivity index (χ0n) is 10.2. The summed E-state index contributed by atoms with van der Waals surface area (Å²) < 4.78 is 1.95. The summed E-state index contributed by atoms with van der Waals surface area (Å²) in [6, 6.07) is 10.1. The Hall–Kier alpha value is -2.20. The second-order valence-electron chi connectivity index (χ2n) is 4.21. The highest BCUT2D eigenvalue weighted by Gasteiger charge is 2.13. The highest BCUT2D eigenvalue weighted by molar-refractivity contribution is 5.76. The molecule has 0 saturated carbocycles. The maximum atomic E-state index is 5.73. The van der Waals surface area contributed by atoms with Gasteiger partial charge in [0.15, 0.2) is 5.65 Å². The Morgan fingerprint density at radius 2 is 2.06 bits per heavy atom. The van der Waals surface area contributed by atoms with E-state index in [0.717, 1.165) is 22.7 Å². The van der Waals surface area contributed by atoms with Crippen LogP contribution in [-0.2, 0) is 6.54 Å². The number of imidazole rings is 1. The van der Waals surface area contributed by atoms with Crippen LogP contribution >= 0.6 is 0 Å². The summed E-state index contributed by atoms with van der Waals surface area (Å²) in [6.45, 7) is 2.48. The van der Waals surface area contributed by atoms with E-state index in [2.05, 4.69) is 29.0 Å². The topological polar surface area (TPSA) is 56.2 Å². The average Bonchev–Trinajstić information content (AvgIpc) is 2.78. The van der Waals surface area contributed by atoms with Crippen LogP contribution in [0.2, 0.25) is 0 Å². The monoisotopic (exact) mass is 238 g/mol. The van der Waals surface area contributed by atoms with Crippen molar-refractivity contribution in [2.45, 2.75) is 13.5 Å². The molecule has 4 nitrogen and oxygen atoms in total. The Balaban J connectivity index is 2.33. The van der Waals surface area contributed by atoms with Crippen molar-refractivity contribution >= 4 is 5.65 Å². The molecule has 4 heteroatoms. The maximum Gasteiger partial charge on any atom is 0.164 e. The van der Waals surface area contributed by atoms with Crippen molar-refractivity contribution in [3.8, 4) is 11.3 Å². The van der Waals surface area contributed by atoms with Crippen LogP contribution in [0.25, 0.3) is 16.9 Å². The molecule has 0 saturated heterocycles. The Morgan fingerprint density at radius 3 is 2.83 bits per heavy atom. The van der Waals surface area contributed by atoms with Crippen molar-refractivity contribution in [3.05, 3.63) is 54.1 Å². The maximum absolute atomic E-state index is 5.73. The van der Waals surface area contributed by atoms with E-state index < -0.39 is 0 Å². The molecule has 0 aliphatic rings. The third kappa shape index (κ3) is 1.58. The minimum Gasteiger partial charge on any atom is -0.324 e. The first-order valence-electron chi connectivity index (χ1n) is 5.89. The molecule has 2 heterocycles. The van der Waals surface area contributed by atoms with Gasteiger partial charge < -0.3 is 5.73 Å². The van der Waals surface area contributed by atoms with Gasteiger partial charge in [-0.15, -0.1) is 0 Å². The van der Waals surface area contributed by atoms with Gasteiger partial charge in [-0.3, -0.25) is 4.40 Å². The lowest BCUT2D eigenvalue weighted by molar-refractivity contribution is 0.897. The molecule has 90 valence electrons. The van der Waals surface area contributed by atoms with E-state index in [1.165, 1.54) is 5.56 Å². The predicted molar refractivity (Wildman–Crippen MR) is 71.1 cm³/mol. The van der Waals surface area contributed by atoms with E-state index in [9.17, 15) is 0 Å². The van der Waals surface area contributed by atoms with Crippen molar-refractivity contribution < 1.29 is 0 Å². The largest absolute Gasteiger partial charge is 0.324 e. The highest BCUT2D eigenvalue weighted by atomic mass is 15.1. The van der Waals surface area contributed by atoms with Gasteiger partial charge in [0, 0.05) is 18.0 Å². The quantitative estimate of drug-likeness (QED) is 0.744. The van der Waals surface area contributed by atoms with Gasteiger partial charge in [-0.25, -0.2) is 9.97 Å². The number of benzene rings is 1. The first-order valence-corrected chi connectivity index (χ1v) is 5.89. The zero-order valence-corrected chi connectivity index (χ0v) is 10.2. The van der Waals surface area contributed by atoms with Gasteiger partial charge in [-0.2, -0.15) is 0 Å². The summed E-state index contributed by atoms with van der Waals surface area (Å²) >= 11 is 0. The molecule has 0 aliphatic heterocycles. The van der Waals surface area contributed by atoms with E-state index in [1.54, 1.807) is 6.20 Å². The van der Waals surface area contributed by atoms with Crippen LogP contribution < -0.4 is 5.73 Å². The summed E-state index contributed by atoms with van der Waals surface area (Å²) in [5, 5.41) is 0. The summed E-state index contributed by atoms with van der Waals surface area (Å²) in [7, 11) is 0. The second kappa shape index (κ2) is 4.23. The summed E-state index contributed by atoms with van der Waals surface area (Å²) in [6.07, 6.45) is 3.72. The first-order chi connectivity index (χ1) is 8.81. The molecule has 0 aliphatic carbocycles. The molecule has 0 fully saturated rings. The highest BCUT2D eigenvalue weighted by Crippen LogP contribution is 2.26. The average molecular weight is 238 g/mol. The van der Waals surface area contributed by atoms with Gasteiger partial charge in [0.25, 0.3) is 0 Å². The van der Waals surface area contributed by atoms with Crippen molar-refractivity contribution in [1.82, 2.24) is 14.4 Å². The fraction of sp³-hybridized carbons (Fsp3) is 0.143. The van der Waals surface area contributed by atoms with Gasteiger partial charge in [0.05, 0.1) is 6.54 Å². The summed E-state index contributed by atoms with van der Waals surface area (Å²) in [5.41, 5.74) is 9.78. The molecule has 0 spiro atoms. The van der Waals surface area contributed by atoms with E-state index in [1.807, 2.05) is 28.8 Å². The number of fused-ring (bicyclic) bond motifs is 1. The van der Waals surface area contributed by atoms with Gasteiger partial charge in [0.2, 0.25) is 0 Å². The van der Waals surface area contributed by atoms with Gasteiger partial charge in [0.1, 0.15) is 11.5 Å². The van der Waals surface area contributed by atoms with Gasteiger partial charge in [-0.05, 0) is 18.6 Å². The Labute approximate surface area is 105 Å². The van der Waals surface area contributed by atoms with E-state index >= 15 is 0 Å². The SMILES string of the molecule is Cc1ccccc1-c1nc(CN)n2cccnc12. The lowest BCUT2D eigenvalue weighted by Gasteiger charge is -2.01. The van der Waals surface area contributed by atoms with Crippen LogP contribution in [-0.4, -0.2) is 14.4 Å². The van der Waals surface area contributed by atoms with Gasteiger partial charge >= 0.3 is 0 Å². The number of hydrogen-bond donors (Lipinski definition) is 1. The molecule has 2 N–H and O–H groups in total. The third-order valence-electron chi connectivity index (χ3n) is 3.06. The molecule has 0 unspecified atom stereocenters. The number of rotatable bonds is 2. The predicted octanol–water partition coefficient (Wildman–Crippen LogP) is 2.16. The summed E-state index contributed by atoms with van der Waals surface area (Å²) in [4.78, 5) is 9.03. The normalized spacial score (nSPS) is 11.0. The number of aromatic nitrogens is 3. The minimum absolute atomic E-state index is 0.402. The molecular weight excluding hydrogens is 224 g/mol. The first kappa shape index (κ1) is 10.9.